The van der Waals surface area contributed by atoms with Crippen LogP contribution in [0.1, 0.15) is 69.4 Å². The van der Waals surface area contributed by atoms with Crippen LogP contribution in [0.4, 0.5) is 9.59 Å². The van der Waals surface area contributed by atoms with Gasteiger partial charge in [0.25, 0.3) is 0 Å². The first-order valence-electron chi connectivity index (χ1n) is 15.0. The summed E-state index contributed by atoms with van der Waals surface area (Å²) in [5.41, 5.74) is 2.92. The van der Waals surface area contributed by atoms with E-state index in [9.17, 15) is 19.2 Å². The second kappa shape index (κ2) is 13.9. The summed E-state index contributed by atoms with van der Waals surface area (Å²) < 4.78 is 9.90. The number of amides is 3. The van der Waals surface area contributed by atoms with E-state index in [-0.39, 0.29) is 36.2 Å². The summed E-state index contributed by atoms with van der Waals surface area (Å²) in [4.78, 5) is 56.2. The third-order valence-corrected chi connectivity index (χ3v) is 7.65. The lowest BCUT2D eigenvalue weighted by Crippen LogP contribution is -2.54. The standard InChI is InChI=1S/C33H43N5O6/c1-20(2)28(37-32(42)43-6)30(40)38-17-7-8-26(38)29-34-18-25(36-29)23-13-9-21(10-14-23)22-11-15-24(16-12-22)27(39)19-35-31(41)44-33(3,4)5/h9-16,20,25-26,28H,7-8,17-19H2,1-6H3,(H,34,36)(H,35,41)(H,37,42)/t25?,26-,28-/m0/s1. The molecule has 0 bridgehead atoms. The van der Waals surface area contributed by atoms with Crippen molar-refractivity contribution in [3.8, 4) is 11.1 Å². The number of methoxy groups -OCH3 is 1. The van der Waals surface area contributed by atoms with Crippen molar-refractivity contribution in [2.24, 2.45) is 10.9 Å². The van der Waals surface area contributed by atoms with E-state index >= 15 is 0 Å². The fraction of sp³-hybridized carbons (Fsp3) is 0.485. The van der Waals surface area contributed by atoms with Crippen molar-refractivity contribution >= 4 is 29.7 Å². The van der Waals surface area contributed by atoms with Crippen LogP contribution in [0.15, 0.2) is 53.5 Å². The third-order valence-electron chi connectivity index (χ3n) is 7.65. The van der Waals surface area contributed by atoms with Crippen LogP contribution in [0.5, 0.6) is 0 Å². The molecule has 11 nitrogen and oxygen atoms in total. The molecule has 0 saturated carbocycles. The zero-order chi connectivity index (χ0) is 32.0. The van der Waals surface area contributed by atoms with Gasteiger partial charge < -0.3 is 30.3 Å². The van der Waals surface area contributed by atoms with Gasteiger partial charge in [-0.15, -0.1) is 0 Å². The summed E-state index contributed by atoms with van der Waals surface area (Å²) in [7, 11) is 1.29. The average molecular weight is 606 g/mol. The Balaban J connectivity index is 1.34. The molecule has 236 valence electrons. The second-order valence-corrected chi connectivity index (χ2v) is 12.4. The van der Waals surface area contributed by atoms with Crippen molar-refractivity contribution in [3.63, 3.8) is 0 Å². The van der Waals surface area contributed by atoms with Crippen molar-refractivity contribution in [2.45, 2.75) is 71.2 Å². The fourth-order valence-electron chi connectivity index (χ4n) is 5.37. The van der Waals surface area contributed by atoms with E-state index in [1.807, 2.05) is 43.0 Å². The topological polar surface area (TPSA) is 138 Å². The fourth-order valence-corrected chi connectivity index (χ4v) is 5.37. The highest BCUT2D eigenvalue weighted by molar-refractivity contribution is 5.99. The summed E-state index contributed by atoms with van der Waals surface area (Å²) in [5.74, 6) is 0.373. The van der Waals surface area contributed by atoms with E-state index in [1.54, 1.807) is 32.9 Å². The molecule has 1 unspecified atom stereocenters. The SMILES string of the molecule is COC(=O)N[C@H](C(=O)N1CCC[C@H]1C1=NCC(c2ccc(-c3ccc(C(=O)CNC(=O)OC(C)(C)C)cc3)cc2)N1)C(C)C. The third kappa shape index (κ3) is 8.15. The molecule has 0 spiro atoms. The molecule has 11 heteroatoms. The van der Waals surface area contributed by atoms with Crippen molar-refractivity contribution in [1.29, 1.82) is 0 Å². The molecule has 0 aromatic heterocycles. The minimum atomic E-state index is -0.672. The number of benzene rings is 2. The number of likely N-dealkylation sites (tertiary alicyclic amines) is 1. The predicted octanol–water partition coefficient (Wildman–Crippen LogP) is 4.48. The van der Waals surface area contributed by atoms with Gasteiger partial charge >= 0.3 is 12.2 Å². The van der Waals surface area contributed by atoms with Crippen LogP contribution >= 0.6 is 0 Å². The number of carbonyl (C=O) groups is 4. The first-order chi connectivity index (χ1) is 20.9. The highest BCUT2D eigenvalue weighted by atomic mass is 16.6. The molecule has 1 saturated heterocycles. The molecule has 2 aliphatic heterocycles. The van der Waals surface area contributed by atoms with Crippen molar-refractivity contribution in [3.05, 3.63) is 59.7 Å². The molecule has 44 heavy (non-hydrogen) atoms. The molecular weight excluding hydrogens is 562 g/mol. The zero-order valence-corrected chi connectivity index (χ0v) is 26.3. The van der Waals surface area contributed by atoms with Gasteiger partial charge in [-0.05, 0) is 56.2 Å². The van der Waals surface area contributed by atoms with Gasteiger partial charge in [-0.1, -0.05) is 62.4 Å². The molecule has 4 rings (SSSR count). The number of carbonyl (C=O) groups excluding carboxylic acids is 4. The van der Waals surface area contributed by atoms with Crippen LogP contribution in [0.2, 0.25) is 0 Å². The number of rotatable bonds is 9. The normalized spacial score (nSPS) is 18.7. The van der Waals surface area contributed by atoms with Crippen LogP contribution in [-0.4, -0.2) is 79.0 Å². The highest BCUT2D eigenvalue weighted by Crippen LogP contribution is 2.27. The molecule has 2 aromatic carbocycles. The Kier molecular flexibility index (Phi) is 10.3. The molecule has 2 aliphatic rings. The predicted molar refractivity (Wildman–Crippen MR) is 168 cm³/mol. The van der Waals surface area contributed by atoms with E-state index in [0.717, 1.165) is 35.4 Å². The molecule has 0 radical (unpaired) electrons. The van der Waals surface area contributed by atoms with E-state index in [2.05, 4.69) is 28.1 Å². The maximum atomic E-state index is 13.4. The molecule has 3 amide bonds. The van der Waals surface area contributed by atoms with Crippen LogP contribution in [0.25, 0.3) is 11.1 Å². The highest BCUT2D eigenvalue weighted by Gasteiger charge is 2.39. The van der Waals surface area contributed by atoms with Crippen molar-refractivity contribution in [1.82, 2.24) is 20.9 Å². The summed E-state index contributed by atoms with van der Waals surface area (Å²) >= 11 is 0. The van der Waals surface area contributed by atoms with Crippen molar-refractivity contribution < 1.29 is 28.7 Å². The molecule has 1 fully saturated rings. The van der Waals surface area contributed by atoms with Gasteiger partial charge in [-0.3, -0.25) is 14.6 Å². The first kappa shape index (κ1) is 32.5. The average Bonchev–Trinajstić information content (AvgIpc) is 3.68. The number of hydrogen-bond acceptors (Lipinski definition) is 8. The molecule has 3 N–H and O–H groups in total. The quantitative estimate of drug-likeness (QED) is 0.359. The number of aliphatic imine (C=N–C) groups is 1. The Hall–Kier alpha value is -4.41. The lowest BCUT2D eigenvalue weighted by molar-refractivity contribution is -0.134. The number of nitrogens with one attached hydrogen (secondary N) is 3. The Morgan fingerprint density at radius 1 is 1.00 bits per heavy atom. The number of hydrogen-bond donors (Lipinski definition) is 3. The maximum Gasteiger partial charge on any atom is 0.408 e. The van der Waals surface area contributed by atoms with Crippen LogP contribution in [0, 0.1) is 5.92 Å². The Morgan fingerprint density at radius 3 is 2.23 bits per heavy atom. The summed E-state index contributed by atoms with van der Waals surface area (Å²) in [5, 5.41) is 8.71. The Bertz CT molecular complexity index is 1380. The van der Waals surface area contributed by atoms with Gasteiger partial charge in [0.2, 0.25) is 5.91 Å². The second-order valence-electron chi connectivity index (χ2n) is 12.4. The van der Waals surface area contributed by atoms with Gasteiger partial charge in [0, 0.05) is 12.1 Å². The molecule has 3 atom stereocenters. The van der Waals surface area contributed by atoms with Crippen molar-refractivity contribution in [2.75, 3.05) is 26.7 Å². The maximum absolute atomic E-state index is 13.4. The van der Waals surface area contributed by atoms with Crippen LogP contribution in [0.3, 0.4) is 0 Å². The molecule has 0 aliphatic carbocycles. The number of alkyl carbamates (subject to hydrolysis) is 2. The van der Waals surface area contributed by atoms with Gasteiger partial charge in [-0.2, -0.15) is 0 Å². The zero-order valence-electron chi connectivity index (χ0n) is 26.3. The van der Waals surface area contributed by atoms with Gasteiger partial charge in [0.1, 0.15) is 17.5 Å². The number of amidine groups is 1. The van der Waals surface area contributed by atoms with E-state index < -0.39 is 23.8 Å². The van der Waals surface area contributed by atoms with Gasteiger partial charge in [-0.25, -0.2) is 9.59 Å². The summed E-state index contributed by atoms with van der Waals surface area (Å²) in [6, 6.07) is 14.6. The van der Waals surface area contributed by atoms with E-state index in [4.69, 9.17) is 14.5 Å². The Labute approximate surface area is 258 Å². The van der Waals surface area contributed by atoms with Crippen LogP contribution in [-0.2, 0) is 14.3 Å². The minimum Gasteiger partial charge on any atom is -0.453 e. The lowest BCUT2D eigenvalue weighted by Gasteiger charge is -2.31. The molecular formula is C33H43N5O6. The van der Waals surface area contributed by atoms with E-state index in [0.29, 0.717) is 18.7 Å². The summed E-state index contributed by atoms with van der Waals surface area (Å²) in [6.07, 6.45) is 0.426. The van der Waals surface area contributed by atoms with Crippen LogP contribution < -0.4 is 16.0 Å². The number of ketones is 1. The monoisotopic (exact) mass is 605 g/mol. The number of Topliss-reactive ketones (excluding diaryl/α,β-unsaturated/α-hetero) is 1. The number of nitrogens with zero attached hydrogens (tertiary/aromatic N) is 2. The lowest BCUT2D eigenvalue weighted by atomic mass is 9.99. The molecule has 2 heterocycles. The summed E-state index contributed by atoms with van der Waals surface area (Å²) in [6.45, 7) is 10.1. The number of ether oxygens (including phenoxy) is 2. The smallest absolute Gasteiger partial charge is 0.408 e. The Morgan fingerprint density at radius 2 is 1.64 bits per heavy atom. The van der Waals surface area contributed by atoms with Gasteiger partial charge in [0.05, 0.1) is 32.3 Å². The van der Waals surface area contributed by atoms with E-state index in [1.165, 1.54) is 7.11 Å². The first-order valence-corrected chi connectivity index (χ1v) is 15.0. The largest absolute Gasteiger partial charge is 0.453 e. The minimum absolute atomic E-state index is 0.0110. The molecule has 2 aromatic rings. The van der Waals surface area contributed by atoms with Gasteiger partial charge in [0.15, 0.2) is 5.78 Å².